The Balaban J connectivity index is 1.57. The summed E-state index contributed by atoms with van der Waals surface area (Å²) in [6.45, 7) is 2.30. The fourth-order valence-electron chi connectivity index (χ4n) is 3.92. The van der Waals surface area contributed by atoms with Crippen molar-refractivity contribution >= 4 is 5.96 Å². The molecule has 8 heteroatoms. The summed E-state index contributed by atoms with van der Waals surface area (Å²) in [7, 11) is 1.67. The van der Waals surface area contributed by atoms with Crippen LogP contribution in [0, 0.1) is 11.7 Å². The average molecular weight is 384 g/mol. The molecule has 2 heterocycles. The van der Waals surface area contributed by atoms with Crippen LogP contribution in [0.2, 0.25) is 0 Å². The van der Waals surface area contributed by atoms with Crippen LogP contribution in [0.5, 0.6) is 5.75 Å². The average Bonchev–Trinajstić information content (AvgIpc) is 3.30. The third-order valence-electron chi connectivity index (χ3n) is 5.23. The Kier molecular flexibility index (Phi) is 6.82. The van der Waals surface area contributed by atoms with Gasteiger partial charge in [-0.3, -0.25) is 4.99 Å². The summed E-state index contributed by atoms with van der Waals surface area (Å²) >= 11 is 0. The molecule has 1 aromatic rings. The molecule has 3 rings (SSSR count). The second kappa shape index (κ2) is 9.30. The number of benzene rings is 1. The Morgan fingerprint density at radius 3 is 2.78 bits per heavy atom. The number of likely N-dealkylation sites (tertiary alicyclic amines) is 2. The zero-order valence-electron chi connectivity index (χ0n) is 15.6. The van der Waals surface area contributed by atoms with Crippen molar-refractivity contribution in [2.75, 3.05) is 39.8 Å². The number of aliphatic imine (C=N–C) groups is 1. The monoisotopic (exact) mass is 384 g/mol. The largest absolute Gasteiger partial charge is 0.434 e. The van der Waals surface area contributed by atoms with E-state index in [0.29, 0.717) is 11.9 Å². The summed E-state index contributed by atoms with van der Waals surface area (Å²) in [5.41, 5.74) is 0.0757. The lowest BCUT2D eigenvalue weighted by Crippen LogP contribution is -2.40. The number of hydrogen-bond acceptors (Lipinski definition) is 3. The molecule has 2 fully saturated rings. The van der Waals surface area contributed by atoms with Gasteiger partial charge in [-0.25, -0.2) is 4.39 Å². The fourth-order valence-corrected chi connectivity index (χ4v) is 3.92. The van der Waals surface area contributed by atoms with Gasteiger partial charge in [0.25, 0.3) is 0 Å². The quantitative estimate of drug-likeness (QED) is 0.605. The van der Waals surface area contributed by atoms with Crippen LogP contribution in [0.25, 0.3) is 0 Å². The molecule has 2 aliphatic heterocycles. The third kappa shape index (κ3) is 5.28. The summed E-state index contributed by atoms with van der Waals surface area (Å²) in [6.07, 6.45) is 3.66. The minimum Gasteiger partial charge on any atom is -0.434 e. The van der Waals surface area contributed by atoms with E-state index in [1.54, 1.807) is 7.05 Å². The molecule has 1 aromatic carbocycles. The second-order valence-corrected chi connectivity index (χ2v) is 7.10. The first-order valence-electron chi connectivity index (χ1n) is 9.47. The topological polar surface area (TPSA) is 40.1 Å². The highest BCUT2D eigenvalue weighted by Gasteiger charge is 2.27. The van der Waals surface area contributed by atoms with Gasteiger partial charge in [-0.2, -0.15) is 8.78 Å². The maximum Gasteiger partial charge on any atom is 0.387 e. The Labute approximate surface area is 158 Å². The zero-order valence-corrected chi connectivity index (χ0v) is 15.6. The molecular formula is C19H27F3N4O. The van der Waals surface area contributed by atoms with Gasteiger partial charge in [-0.05, 0) is 50.4 Å². The molecule has 2 saturated heterocycles. The molecule has 5 nitrogen and oxygen atoms in total. The number of alkyl halides is 2. The SMILES string of the molecule is CN=C(NCc1c(F)cccc1OC(F)F)N1CCC(CN2CCCC2)C1. The Bertz CT molecular complexity index is 650. The van der Waals surface area contributed by atoms with E-state index in [0.717, 1.165) is 26.1 Å². The van der Waals surface area contributed by atoms with Crippen LogP contribution in [-0.2, 0) is 6.54 Å². The lowest BCUT2D eigenvalue weighted by molar-refractivity contribution is -0.0506. The third-order valence-corrected chi connectivity index (χ3v) is 5.23. The van der Waals surface area contributed by atoms with Gasteiger partial charge in [0.15, 0.2) is 5.96 Å². The lowest BCUT2D eigenvalue weighted by atomic mass is 10.1. The van der Waals surface area contributed by atoms with Gasteiger partial charge in [-0.1, -0.05) is 6.07 Å². The molecule has 0 aliphatic carbocycles. The van der Waals surface area contributed by atoms with Crippen LogP contribution in [0.1, 0.15) is 24.8 Å². The van der Waals surface area contributed by atoms with Crippen LogP contribution in [-0.4, -0.2) is 62.1 Å². The van der Waals surface area contributed by atoms with Gasteiger partial charge >= 0.3 is 6.61 Å². The molecule has 1 unspecified atom stereocenters. The maximum absolute atomic E-state index is 14.1. The summed E-state index contributed by atoms with van der Waals surface area (Å²) < 4.78 is 43.6. The number of hydrogen-bond donors (Lipinski definition) is 1. The van der Waals surface area contributed by atoms with Crippen molar-refractivity contribution in [1.29, 1.82) is 0 Å². The first-order chi connectivity index (χ1) is 13.1. The lowest BCUT2D eigenvalue weighted by Gasteiger charge is -2.23. The molecule has 27 heavy (non-hydrogen) atoms. The Morgan fingerprint density at radius 1 is 1.30 bits per heavy atom. The van der Waals surface area contributed by atoms with Crippen LogP contribution in [0.3, 0.4) is 0 Å². The van der Waals surface area contributed by atoms with Crippen LogP contribution in [0.15, 0.2) is 23.2 Å². The predicted molar refractivity (Wildman–Crippen MR) is 98.6 cm³/mol. The smallest absolute Gasteiger partial charge is 0.387 e. The summed E-state index contributed by atoms with van der Waals surface area (Å²) in [5.74, 6) is 0.517. The van der Waals surface area contributed by atoms with Gasteiger partial charge in [0.05, 0.1) is 0 Å². The van der Waals surface area contributed by atoms with E-state index in [9.17, 15) is 13.2 Å². The second-order valence-electron chi connectivity index (χ2n) is 7.10. The van der Waals surface area contributed by atoms with Gasteiger partial charge in [0.2, 0.25) is 0 Å². The molecule has 0 aromatic heterocycles. The van der Waals surface area contributed by atoms with E-state index in [4.69, 9.17) is 0 Å². The Morgan fingerprint density at radius 2 is 2.07 bits per heavy atom. The van der Waals surface area contributed by atoms with Crippen molar-refractivity contribution in [2.24, 2.45) is 10.9 Å². The van der Waals surface area contributed by atoms with E-state index in [1.165, 1.54) is 44.1 Å². The standard InChI is InChI=1S/C19H27F3N4O/c1-23-19(26-10-7-14(13-26)12-25-8-2-3-9-25)24-11-15-16(20)5-4-6-17(15)27-18(21)22/h4-6,14,18H,2-3,7-13H2,1H3,(H,23,24). The van der Waals surface area contributed by atoms with Crippen LogP contribution in [0.4, 0.5) is 13.2 Å². The van der Waals surface area contributed by atoms with Crippen LogP contribution < -0.4 is 10.1 Å². The summed E-state index contributed by atoms with van der Waals surface area (Å²) in [4.78, 5) is 8.94. The molecule has 0 bridgehead atoms. The highest BCUT2D eigenvalue weighted by molar-refractivity contribution is 5.80. The highest BCUT2D eigenvalue weighted by Crippen LogP contribution is 2.24. The molecule has 2 aliphatic rings. The van der Waals surface area contributed by atoms with Crippen LogP contribution >= 0.6 is 0 Å². The molecule has 0 spiro atoms. The van der Waals surface area contributed by atoms with Gasteiger partial charge in [0.1, 0.15) is 11.6 Å². The van der Waals surface area contributed by atoms with E-state index < -0.39 is 12.4 Å². The first-order valence-corrected chi connectivity index (χ1v) is 9.47. The zero-order chi connectivity index (χ0) is 19.2. The minimum atomic E-state index is -2.99. The number of ether oxygens (including phenoxy) is 1. The minimum absolute atomic E-state index is 0.0364. The van der Waals surface area contributed by atoms with Crippen molar-refractivity contribution in [3.05, 3.63) is 29.6 Å². The maximum atomic E-state index is 14.1. The van der Waals surface area contributed by atoms with Crippen molar-refractivity contribution in [3.63, 3.8) is 0 Å². The molecule has 0 saturated carbocycles. The van der Waals surface area contributed by atoms with Crippen molar-refractivity contribution in [2.45, 2.75) is 32.4 Å². The number of nitrogens with one attached hydrogen (secondary N) is 1. The number of rotatable bonds is 6. The van der Waals surface area contributed by atoms with Gasteiger partial charge in [0, 0.05) is 38.8 Å². The molecule has 1 atom stereocenters. The summed E-state index contributed by atoms with van der Waals surface area (Å²) in [6, 6.07) is 3.94. The Hall–Kier alpha value is -1.96. The highest BCUT2D eigenvalue weighted by atomic mass is 19.3. The number of guanidine groups is 1. The molecular weight excluding hydrogens is 357 g/mol. The summed E-state index contributed by atoms with van der Waals surface area (Å²) in [5, 5.41) is 3.09. The van der Waals surface area contributed by atoms with E-state index in [2.05, 4.69) is 24.8 Å². The first kappa shape index (κ1) is 19.8. The molecule has 0 amide bonds. The van der Waals surface area contributed by atoms with E-state index in [1.807, 2.05) is 0 Å². The van der Waals surface area contributed by atoms with E-state index in [-0.39, 0.29) is 17.9 Å². The normalized spacial score (nSPS) is 21.3. The molecule has 1 N–H and O–H groups in total. The molecule has 150 valence electrons. The molecule has 0 radical (unpaired) electrons. The van der Waals surface area contributed by atoms with E-state index >= 15 is 0 Å². The van der Waals surface area contributed by atoms with Gasteiger partial charge < -0.3 is 19.9 Å². The number of halogens is 3. The fraction of sp³-hybridized carbons (Fsp3) is 0.632. The number of nitrogens with zero attached hydrogens (tertiary/aromatic N) is 3. The predicted octanol–water partition coefficient (Wildman–Crippen LogP) is 2.92. The van der Waals surface area contributed by atoms with Crippen molar-refractivity contribution in [1.82, 2.24) is 15.1 Å². The van der Waals surface area contributed by atoms with Gasteiger partial charge in [-0.15, -0.1) is 0 Å². The van der Waals surface area contributed by atoms with Crippen molar-refractivity contribution in [3.8, 4) is 5.75 Å². The van der Waals surface area contributed by atoms with Crippen molar-refractivity contribution < 1.29 is 17.9 Å².